The van der Waals surface area contributed by atoms with E-state index in [0.717, 1.165) is 12.0 Å². The van der Waals surface area contributed by atoms with Crippen molar-refractivity contribution in [3.05, 3.63) is 78.0 Å². The van der Waals surface area contributed by atoms with E-state index in [-0.39, 0.29) is 12.1 Å². The van der Waals surface area contributed by atoms with Gasteiger partial charge in [0.1, 0.15) is 0 Å². The van der Waals surface area contributed by atoms with Gasteiger partial charge < -0.3 is 10.1 Å². The van der Waals surface area contributed by atoms with Crippen LogP contribution in [0, 0.1) is 0 Å². The first-order valence-electron chi connectivity index (χ1n) is 9.42. The topological polar surface area (TPSA) is 81.1 Å². The fraction of sp³-hybridized carbons (Fsp3) is 0.286. The number of nitrogens with zero attached hydrogens (tertiary/aromatic N) is 3. The Hall–Kier alpha value is -3.19. The summed E-state index contributed by atoms with van der Waals surface area (Å²) in [5, 5.41) is 13.6. The highest BCUT2D eigenvalue weighted by Crippen LogP contribution is 2.28. The van der Waals surface area contributed by atoms with Gasteiger partial charge in [-0.3, -0.25) is 5.32 Å². The molecule has 2 amide bonds. The number of carbonyl (C=O) groups excluding carboxylic acids is 1. The van der Waals surface area contributed by atoms with E-state index in [1.54, 1.807) is 10.9 Å². The number of ether oxygens (including phenoxy) is 1. The molecule has 7 heteroatoms. The number of benzene rings is 2. The number of rotatable bonds is 6. The summed E-state index contributed by atoms with van der Waals surface area (Å²) < 4.78 is 7.51. The molecule has 0 unspecified atom stereocenters. The van der Waals surface area contributed by atoms with Crippen molar-refractivity contribution < 1.29 is 9.53 Å². The Kier molecular flexibility index (Phi) is 5.63. The second-order valence-corrected chi connectivity index (χ2v) is 6.92. The lowest BCUT2D eigenvalue weighted by atomic mass is 9.96. The van der Waals surface area contributed by atoms with Crippen molar-refractivity contribution in [2.75, 3.05) is 18.5 Å². The van der Waals surface area contributed by atoms with Crippen molar-refractivity contribution in [2.45, 2.75) is 25.0 Å². The quantitative estimate of drug-likeness (QED) is 0.692. The Balaban J connectivity index is 1.22. The van der Waals surface area contributed by atoms with Crippen LogP contribution >= 0.6 is 0 Å². The Morgan fingerprint density at radius 2 is 1.86 bits per heavy atom. The number of anilines is 1. The average molecular weight is 377 g/mol. The number of hydrogen-bond donors (Lipinski definition) is 2. The number of amides is 2. The highest BCUT2D eigenvalue weighted by Gasteiger charge is 2.26. The van der Waals surface area contributed by atoms with Gasteiger partial charge in [-0.05, 0) is 17.5 Å². The molecule has 1 fully saturated rings. The highest BCUT2D eigenvalue weighted by molar-refractivity contribution is 5.87. The van der Waals surface area contributed by atoms with E-state index in [1.165, 1.54) is 5.56 Å². The zero-order valence-electron chi connectivity index (χ0n) is 15.5. The molecule has 0 spiro atoms. The molecule has 7 nitrogen and oxygen atoms in total. The molecule has 2 N–H and O–H groups in total. The molecule has 0 aliphatic carbocycles. The van der Waals surface area contributed by atoms with Crippen LogP contribution in [0.5, 0.6) is 0 Å². The molecule has 4 rings (SSSR count). The van der Waals surface area contributed by atoms with Gasteiger partial charge in [-0.1, -0.05) is 65.9 Å². The van der Waals surface area contributed by atoms with Gasteiger partial charge >= 0.3 is 6.03 Å². The van der Waals surface area contributed by atoms with E-state index in [4.69, 9.17) is 4.74 Å². The zero-order valence-corrected chi connectivity index (χ0v) is 15.5. The van der Waals surface area contributed by atoms with Gasteiger partial charge in [0.15, 0.2) is 5.82 Å². The predicted octanol–water partition coefficient (Wildman–Crippen LogP) is 3.02. The van der Waals surface area contributed by atoms with Gasteiger partial charge in [0.05, 0.1) is 25.5 Å². The van der Waals surface area contributed by atoms with Crippen LogP contribution in [0.2, 0.25) is 0 Å². The lowest BCUT2D eigenvalue weighted by Crippen LogP contribution is -2.35. The molecule has 144 valence electrons. The average Bonchev–Trinajstić information content (AvgIpc) is 3.38. The van der Waals surface area contributed by atoms with E-state index in [1.807, 2.05) is 48.5 Å². The Morgan fingerprint density at radius 1 is 1.11 bits per heavy atom. The number of hydrogen-bond acceptors (Lipinski definition) is 4. The summed E-state index contributed by atoms with van der Waals surface area (Å²) in [5.74, 6) is 0.803. The third-order valence-electron chi connectivity index (χ3n) is 4.81. The largest absolute Gasteiger partial charge is 0.376 e. The van der Waals surface area contributed by atoms with Crippen LogP contribution in [0.1, 0.15) is 23.5 Å². The van der Waals surface area contributed by atoms with Crippen LogP contribution in [-0.2, 0) is 11.3 Å². The summed E-state index contributed by atoms with van der Waals surface area (Å²) in [6.45, 7) is 1.76. The van der Waals surface area contributed by atoms with E-state index < -0.39 is 0 Å². The van der Waals surface area contributed by atoms with Gasteiger partial charge in [0, 0.05) is 12.5 Å². The van der Waals surface area contributed by atoms with Crippen LogP contribution in [0.4, 0.5) is 10.6 Å². The smallest absolute Gasteiger partial charge is 0.320 e. The summed E-state index contributed by atoms with van der Waals surface area (Å²) in [5.41, 5.74) is 2.40. The maximum absolute atomic E-state index is 12.1. The highest BCUT2D eigenvalue weighted by atomic mass is 16.5. The summed E-state index contributed by atoms with van der Waals surface area (Å²) in [4.78, 5) is 12.1. The van der Waals surface area contributed by atoms with E-state index in [0.29, 0.717) is 31.4 Å². The third kappa shape index (κ3) is 4.75. The second-order valence-electron chi connectivity index (χ2n) is 6.92. The minimum absolute atomic E-state index is 0.0183. The predicted molar refractivity (Wildman–Crippen MR) is 106 cm³/mol. The van der Waals surface area contributed by atoms with Crippen molar-refractivity contribution in [3.63, 3.8) is 0 Å². The van der Waals surface area contributed by atoms with Gasteiger partial charge in [-0.15, -0.1) is 5.10 Å². The lowest BCUT2D eigenvalue weighted by molar-refractivity contribution is 0.110. The number of nitrogens with one attached hydrogen (secondary N) is 2. The minimum Gasteiger partial charge on any atom is -0.376 e. The second kappa shape index (κ2) is 8.67. The van der Waals surface area contributed by atoms with Crippen LogP contribution < -0.4 is 10.6 Å². The maximum Gasteiger partial charge on any atom is 0.320 e. The first-order valence-corrected chi connectivity index (χ1v) is 9.42. The monoisotopic (exact) mass is 377 g/mol. The Labute approximate surface area is 163 Å². The third-order valence-corrected chi connectivity index (χ3v) is 4.81. The maximum atomic E-state index is 12.1. The molecular weight excluding hydrogens is 354 g/mol. The molecule has 3 aromatic rings. The van der Waals surface area contributed by atoms with Gasteiger partial charge in [-0.2, -0.15) is 0 Å². The summed E-state index contributed by atoms with van der Waals surface area (Å²) in [6.07, 6.45) is 2.63. The van der Waals surface area contributed by atoms with Gasteiger partial charge in [0.2, 0.25) is 0 Å². The van der Waals surface area contributed by atoms with Crippen LogP contribution in [0.15, 0.2) is 66.9 Å². The van der Waals surface area contributed by atoms with Crippen molar-refractivity contribution in [3.8, 4) is 0 Å². The van der Waals surface area contributed by atoms with Crippen LogP contribution in [-0.4, -0.2) is 40.3 Å². The first kappa shape index (κ1) is 18.2. The normalized spacial score (nSPS) is 18.7. The lowest BCUT2D eigenvalue weighted by Gasteiger charge is -2.11. The van der Waals surface area contributed by atoms with Gasteiger partial charge in [0.25, 0.3) is 0 Å². The fourth-order valence-electron chi connectivity index (χ4n) is 3.38. The molecule has 1 aliphatic heterocycles. The molecule has 0 bridgehead atoms. The molecule has 0 radical (unpaired) electrons. The standard InChI is InChI=1S/C21H23N5O2/c27-21(22-12-19-11-18(15-28-19)17-9-5-2-6-10-17)23-20-14-26(25-24-20)13-16-7-3-1-4-8-16/h1-10,14,18-19H,11-13,15H2,(H2,22,23,27)/t18-,19-/m0/s1. The van der Waals surface area contributed by atoms with Crippen molar-refractivity contribution >= 4 is 11.8 Å². The SMILES string of the molecule is O=C(NC[C@@H]1C[C@H](c2ccccc2)CO1)Nc1cn(Cc2ccccc2)nn1. The number of carbonyl (C=O) groups is 1. The molecule has 1 saturated heterocycles. The molecule has 1 aromatic heterocycles. The van der Waals surface area contributed by atoms with E-state index in [9.17, 15) is 4.79 Å². The zero-order chi connectivity index (χ0) is 19.2. The molecule has 0 saturated carbocycles. The van der Waals surface area contributed by atoms with E-state index in [2.05, 4.69) is 33.1 Å². The summed E-state index contributed by atoms with van der Waals surface area (Å²) in [6, 6.07) is 20.0. The van der Waals surface area contributed by atoms with Crippen molar-refractivity contribution in [2.24, 2.45) is 0 Å². The minimum atomic E-state index is -0.307. The summed E-state index contributed by atoms with van der Waals surface area (Å²) in [7, 11) is 0. The molecular formula is C21H23N5O2. The Morgan fingerprint density at radius 3 is 2.64 bits per heavy atom. The van der Waals surface area contributed by atoms with E-state index >= 15 is 0 Å². The summed E-state index contributed by atoms with van der Waals surface area (Å²) >= 11 is 0. The molecule has 2 heterocycles. The fourth-order valence-corrected chi connectivity index (χ4v) is 3.38. The van der Waals surface area contributed by atoms with Crippen LogP contribution in [0.25, 0.3) is 0 Å². The molecule has 2 atom stereocenters. The van der Waals surface area contributed by atoms with Crippen molar-refractivity contribution in [1.29, 1.82) is 0 Å². The Bertz CT molecular complexity index is 897. The number of urea groups is 1. The van der Waals surface area contributed by atoms with Crippen molar-refractivity contribution in [1.82, 2.24) is 20.3 Å². The molecule has 1 aliphatic rings. The van der Waals surface area contributed by atoms with Gasteiger partial charge in [-0.25, -0.2) is 9.48 Å². The number of aromatic nitrogens is 3. The molecule has 2 aromatic carbocycles. The van der Waals surface area contributed by atoms with Crippen LogP contribution in [0.3, 0.4) is 0 Å². The molecule has 28 heavy (non-hydrogen) atoms. The first-order chi connectivity index (χ1) is 13.8.